The molecule has 3 nitrogen and oxygen atoms in total. The lowest BCUT2D eigenvalue weighted by atomic mass is 9.83. The molecule has 1 aromatic heterocycles. The van der Waals surface area contributed by atoms with Crippen molar-refractivity contribution in [2.75, 3.05) is 5.32 Å². The normalized spacial score (nSPS) is 25.7. The monoisotopic (exact) mass is 221 g/mol. The summed E-state index contributed by atoms with van der Waals surface area (Å²) in [6.45, 7) is 6.46. The first-order valence-corrected chi connectivity index (χ1v) is 6.50. The molecule has 0 amide bonds. The van der Waals surface area contributed by atoms with Gasteiger partial charge in [0.2, 0.25) is 0 Å². The lowest BCUT2D eigenvalue weighted by molar-refractivity contribution is 0.317. The number of hydrogen-bond donors (Lipinski definition) is 2. The lowest BCUT2D eigenvalue weighted by Crippen LogP contribution is -2.32. The Labute approximate surface area is 98.0 Å². The third kappa shape index (κ3) is 2.23. The number of aryl methyl sites for hydroxylation is 2. The van der Waals surface area contributed by atoms with E-state index in [1.807, 2.05) is 0 Å². The van der Waals surface area contributed by atoms with Gasteiger partial charge in [-0.3, -0.25) is 5.10 Å². The lowest BCUT2D eigenvalue weighted by Gasteiger charge is -2.32. The maximum Gasteiger partial charge on any atom is 0.0825 e. The molecule has 0 aliphatic heterocycles. The fraction of sp³-hybridized carbons (Fsp3) is 0.769. The smallest absolute Gasteiger partial charge is 0.0825 e. The van der Waals surface area contributed by atoms with Gasteiger partial charge in [-0.05, 0) is 32.6 Å². The third-order valence-electron chi connectivity index (χ3n) is 3.89. The Morgan fingerprint density at radius 2 is 2.06 bits per heavy atom. The first-order valence-electron chi connectivity index (χ1n) is 6.50. The highest BCUT2D eigenvalue weighted by molar-refractivity contribution is 5.52. The van der Waals surface area contributed by atoms with Gasteiger partial charge in [-0.25, -0.2) is 0 Å². The molecule has 0 saturated heterocycles. The highest BCUT2D eigenvalue weighted by Gasteiger charge is 2.24. The van der Waals surface area contributed by atoms with Crippen LogP contribution in [-0.2, 0) is 0 Å². The number of anilines is 1. The molecule has 2 atom stereocenters. The Morgan fingerprint density at radius 3 is 2.69 bits per heavy atom. The summed E-state index contributed by atoms with van der Waals surface area (Å²) in [5, 5.41) is 11.0. The Balaban J connectivity index is 2.07. The van der Waals surface area contributed by atoms with Crippen LogP contribution >= 0.6 is 0 Å². The van der Waals surface area contributed by atoms with Crippen molar-refractivity contribution in [1.29, 1.82) is 0 Å². The van der Waals surface area contributed by atoms with Gasteiger partial charge in [0, 0.05) is 6.04 Å². The van der Waals surface area contributed by atoms with E-state index in [0.717, 1.165) is 17.3 Å². The molecule has 1 aliphatic rings. The van der Waals surface area contributed by atoms with Crippen LogP contribution in [0.1, 0.15) is 50.4 Å². The SMILES string of the molecule is CCC1CCCCC1Nc1c(C)n[nH]c1C. The fourth-order valence-electron chi connectivity index (χ4n) is 2.84. The van der Waals surface area contributed by atoms with Crippen molar-refractivity contribution in [3.63, 3.8) is 0 Å². The second-order valence-electron chi connectivity index (χ2n) is 5.01. The van der Waals surface area contributed by atoms with Gasteiger partial charge in [0.1, 0.15) is 0 Å². The zero-order chi connectivity index (χ0) is 11.5. The van der Waals surface area contributed by atoms with Crippen molar-refractivity contribution < 1.29 is 0 Å². The zero-order valence-electron chi connectivity index (χ0n) is 10.6. The second kappa shape index (κ2) is 4.89. The van der Waals surface area contributed by atoms with Crippen molar-refractivity contribution >= 4 is 5.69 Å². The van der Waals surface area contributed by atoms with Gasteiger partial charge in [0.15, 0.2) is 0 Å². The van der Waals surface area contributed by atoms with E-state index in [4.69, 9.17) is 0 Å². The van der Waals surface area contributed by atoms with Crippen LogP contribution in [0.3, 0.4) is 0 Å². The van der Waals surface area contributed by atoms with E-state index in [-0.39, 0.29) is 0 Å². The minimum absolute atomic E-state index is 0.647. The Bertz CT molecular complexity index is 323. The number of H-pyrrole nitrogens is 1. The van der Waals surface area contributed by atoms with E-state index in [2.05, 4.69) is 36.3 Å². The van der Waals surface area contributed by atoms with Gasteiger partial charge in [0.25, 0.3) is 0 Å². The second-order valence-corrected chi connectivity index (χ2v) is 5.01. The van der Waals surface area contributed by atoms with E-state index in [1.54, 1.807) is 0 Å². The van der Waals surface area contributed by atoms with Crippen molar-refractivity contribution in [3.8, 4) is 0 Å². The summed E-state index contributed by atoms with van der Waals surface area (Å²) in [4.78, 5) is 0. The molecule has 90 valence electrons. The first-order chi connectivity index (χ1) is 7.72. The molecule has 1 saturated carbocycles. The quantitative estimate of drug-likeness (QED) is 0.821. The van der Waals surface area contributed by atoms with Crippen LogP contribution in [0.4, 0.5) is 5.69 Å². The van der Waals surface area contributed by atoms with Gasteiger partial charge in [-0.1, -0.05) is 26.2 Å². The Morgan fingerprint density at radius 1 is 1.31 bits per heavy atom. The van der Waals surface area contributed by atoms with Crippen LogP contribution < -0.4 is 5.32 Å². The van der Waals surface area contributed by atoms with Crippen molar-refractivity contribution in [2.24, 2.45) is 5.92 Å². The molecule has 1 fully saturated rings. The number of hydrogen-bond acceptors (Lipinski definition) is 2. The highest BCUT2D eigenvalue weighted by atomic mass is 15.2. The van der Waals surface area contributed by atoms with Gasteiger partial charge < -0.3 is 5.32 Å². The van der Waals surface area contributed by atoms with Crippen molar-refractivity contribution in [3.05, 3.63) is 11.4 Å². The van der Waals surface area contributed by atoms with Crippen molar-refractivity contribution in [2.45, 2.75) is 58.9 Å². The highest BCUT2D eigenvalue weighted by Crippen LogP contribution is 2.30. The average Bonchev–Trinajstić information content (AvgIpc) is 2.61. The van der Waals surface area contributed by atoms with Crippen LogP contribution in [0, 0.1) is 19.8 Å². The molecule has 1 aliphatic carbocycles. The molecule has 0 aromatic carbocycles. The number of nitrogens with zero attached hydrogens (tertiary/aromatic N) is 1. The van der Waals surface area contributed by atoms with E-state index in [1.165, 1.54) is 37.8 Å². The summed E-state index contributed by atoms with van der Waals surface area (Å²) in [7, 11) is 0. The third-order valence-corrected chi connectivity index (χ3v) is 3.89. The topological polar surface area (TPSA) is 40.7 Å². The summed E-state index contributed by atoms with van der Waals surface area (Å²) >= 11 is 0. The van der Waals surface area contributed by atoms with E-state index in [9.17, 15) is 0 Å². The van der Waals surface area contributed by atoms with Gasteiger partial charge in [-0.15, -0.1) is 0 Å². The fourth-order valence-corrected chi connectivity index (χ4v) is 2.84. The van der Waals surface area contributed by atoms with Crippen LogP contribution in [0.2, 0.25) is 0 Å². The van der Waals surface area contributed by atoms with Gasteiger partial charge in [0.05, 0.1) is 17.1 Å². The molecule has 2 rings (SSSR count). The molecule has 1 heterocycles. The Kier molecular flexibility index (Phi) is 3.52. The maximum absolute atomic E-state index is 4.25. The number of nitrogens with one attached hydrogen (secondary N) is 2. The summed E-state index contributed by atoms with van der Waals surface area (Å²) in [5.74, 6) is 0.836. The van der Waals surface area contributed by atoms with Gasteiger partial charge >= 0.3 is 0 Å². The molecular formula is C13H23N3. The van der Waals surface area contributed by atoms with Crippen LogP contribution in [0.25, 0.3) is 0 Å². The number of aromatic nitrogens is 2. The molecule has 2 N–H and O–H groups in total. The zero-order valence-corrected chi connectivity index (χ0v) is 10.6. The number of rotatable bonds is 3. The largest absolute Gasteiger partial charge is 0.379 e. The molecule has 0 bridgehead atoms. The van der Waals surface area contributed by atoms with E-state index >= 15 is 0 Å². The predicted molar refractivity (Wildman–Crippen MR) is 67.7 cm³/mol. The molecule has 0 spiro atoms. The number of aromatic amines is 1. The maximum atomic E-state index is 4.25. The van der Waals surface area contributed by atoms with Crippen molar-refractivity contribution in [1.82, 2.24) is 10.2 Å². The molecule has 3 heteroatoms. The van der Waals surface area contributed by atoms with Crippen LogP contribution in [0.15, 0.2) is 0 Å². The summed E-state index contributed by atoms with van der Waals surface area (Å²) in [6, 6.07) is 0.647. The molecule has 2 unspecified atom stereocenters. The Hall–Kier alpha value is -0.990. The van der Waals surface area contributed by atoms with E-state index in [0.29, 0.717) is 6.04 Å². The minimum atomic E-state index is 0.647. The molecule has 1 aromatic rings. The standard InChI is InChI=1S/C13H23N3/c1-4-11-7-5-6-8-12(11)14-13-9(2)15-16-10(13)3/h11-12,14H,4-8H2,1-3H3,(H,15,16). The average molecular weight is 221 g/mol. The van der Waals surface area contributed by atoms with Crippen LogP contribution in [0.5, 0.6) is 0 Å². The molecule has 0 radical (unpaired) electrons. The minimum Gasteiger partial charge on any atom is -0.379 e. The summed E-state index contributed by atoms with van der Waals surface area (Å²) in [6.07, 6.45) is 6.74. The van der Waals surface area contributed by atoms with Gasteiger partial charge in [-0.2, -0.15) is 5.10 Å². The van der Waals surface area contributed by atoms with Crippen LogP contribution in [-0.4, -0.2) is 16.2 Å². The molecule has 16 heavy (non-hydrogen) atoms. The molecular weight excluding hydrogens is 198 g/mol. The predicted octanol–water partition coefficient (Wildman–Crippen LogP) is 3.41. The summed E-state index contributed by atoms with van der Waals surface area (Å²) < 4.78 is 0. The van der Waals surface area contributed by atoms with E-state index < -0.39 is 0 Å². The first kappa shape index (κ1) is 11.5. The summed E-state index contributed by atoms with van der Waals surface area (Å²) in [5.41, 5.74) is 3.49.